The standard InChI is InChI=1S/C20H22N4O2S/c21-10-14-4-3-8-24(14)17(25)12-23-9-7-13(11-23)19-18(20(22)26)15-5-1-2-6-16(15)27-19/h1-2,5-6,13-14H,3-4,7-9,11-12H2,(H2,22,26). The molecule has 0 saturated carbocycles. The SMILES string of the molecule is N#CC1CCCN1C(=O)CN1CCC(c2sc3ccccc3c2C(N)=O)C1. The number of fused-ring (bicyclic) bond motifs is 1. The zero-order chi connectivity index (χ0) is 19.0. The largest absolute Gasteiger partial charge is 0.366 e. The van der Waals surface area contributed by atoms with E-state index in [1.54, 1.807) is 16.2 Å². The number of primary amides is 1. The molecule has 2 N–H and O–H groups in total. The van der Waals surface area contributed by atoms with E-state index in [1.807, 2.05) is 24.3 Å². The van der Waals surface area contributed by atoms with Crippen molar-refractivity contribution in [3.8, 4) is 6.07 Å². The Hall–Kier alpha value is -2.43. The summed E-state index contributed by atoms with van der Waals surface area (Å²) < 4.78 is 1.07. The van der Waals surface area contributed by atoms with E-state index in [-0.39, 0.29) is 23.8 Å². The summed E-state index contributed by atoms with van der Waals surface area (Å²) in [4.78, 5) is 29.6. The fraction of sp³-hybridized carbons (Fsp3) is 0.450. The van der Waals surface area contributed by atoms with E-state index in [2.05, 4.69) is 11.0 Å². The average molecular weight is 382 g/mol. The molecule has 6 nitrogen and oxygen atoms in total. The predicted molar refractivity (Wildman–Crippen MR) is 104 cm³/mol. The van der Waals surface area contributed by atoms with Crippen molar-refractivity contribution in [2.45, 2.75) is 31.2 Å². The highest BCUT2D eigenvalue weighted by atomic mass is 32.1. The molecule has 0 bridgehead atoms. The minimum absolute atomic E-state index is 0.0335. The minimum atomic E-state index is -0.383. The van der Waals surface area contributed by atoms with Gasteiger partial charge in [0.1, 0.15) is 6.04 Å². The zero-order valence-corrected chi connectivity index (χ0v) is 15.9. The van der Waals surface area contributed by atoms with Crippen molar-refractivity contribution in [3.63, 3.8) is 0 Å². The smallest absolute Gasteiger partial charge is 0.250 e. The van der Waals surface area contributed by atoms with Crippen molar-refractivity contribution in [1.82, 2.24) is 9.80 Å². The summed E-state index contributed by atoms with van der Waals surface area (Å²) in [5.41, 5.74) is 6.32. The second-order valence-corrected chi connectivity index (χ2v) is 8.38. The van der Waals surface area contributed by atoms with Crippen LogP contribution in [0.4, 0.5) is 0 Å². The number of amides is 2. The lowest BCUT2D eigenvalue weighted by atomic mass is 10.0. The molecule has 2 atom stereocenters. The van der Waals surface area contributed by atoms with Gasteiger partial charge in [0.2, 0.25) is 11.8 Å². The summed E-state index contributed by atoms with van der Waals surface area (Å²) in [5.74, 6) is -0.139. The third-order valence-electron chi connectivity index (χ3n) is 5.59. The van der Waals surface area contributed by atoms with Crippen LogP contribution in [-0.4, -0.2) is 53.8 Å². The Labute approximate surface area is 162 Å². The Morgan fingerprint density at radius 3 is 2.85 bits per heavy atom. The topological polar surface area (TPSA) is 90.4 Å². The Morgan fingerprint density at radius 1 is 1.26 bits per heavy atom. The van der Waals surface area contributed by atoms with Crippen LogP contribution in [0, 0.1) is 11.3 Å². The third-order valence-corrected chi connectivity index (χ3v) is 6.93. The van der Waals surface area contributed by atoms with Crippen LogP contribution in [0.25, 0.3) is 10.1 Å². The number of likely N-dealkylation sites (tertiary alicyclic amines) is 2. The van der Waals surface area contributed by atoms with Gasteiger partial charge in [0, 0.05) is 34.0 Å². The van der Waals surface area contributed by atoms with Crippen LogP contribution in [-0.2, 0) is 4.79 Å². The third kappa shape index (κ3) is 3.31. The van der Waals surface area contributed by atoms with Crippen LogP contribution in [0.5, 0.6) is 0 Å². The maximum absolute atomic E-state index is 12.6. The van der Waals surface area contributed by atoms with Crippen LogP contribution in [0.1, 0.15) is 40.4 Å². The van der Waals surface area contributed by atoms with Gasteiger partial charge in [-0.1, -0.05) is 18.2 Å². The molecule has 2 unspecified atom stereocenters. The number of carbonyl (C=O) groups is 2. The van der Waals surface area contributed by atoms with Gasteiger partial charge in [-0.15, -0.1) is 11.3 Å². The number of benzene rings is 1. The first-order valence-electron chi connectivity index (χ1n) is 9.31. The van der Waals surface area contributed by atoms with Gasteiger partial charge in [-0.2, -0.15) is 5.26 Å². The maximum atomic E-state index is 12.6. The minimum Gasteiger partial charge on any atom is -0.366 e. The quantitative estimate of drug-likeness (QED) is 0.878. The van der Waals surface area contributed by atoms with E-state index >= 15 is 0 Å². The Bertz CT molecular complexity index is 932. The highest BCUT2D eigenvalue weighted by Crippen LogP contribution is 2.39. The molecule has 4 rings (SSSR count). The van der Waals surface area contributed by atoms with Gasteiger partial charge in [0.15, 0.2) is 0 Å². The lowest BCUT2D eigenvalue weighted by Gasteiger charge is -2.23. The summed E-state index contributed by atoms with van der Waals surface area (Å²) in [6, 6.07) is 9.80. The highest BCUT2D eigenvalue weighted by molar-refractivity contribution is 7.19. The lowest BCUT2D eigenvalue weighted by molar-refractivity contribution is -0.132. The second kappa shape index (κ2) is 7.29. The van der Waals surface area contributed by atoms with Gasteiger partial charge in [-0.25, -0.2) is 0 Å². The molecule has 0 spiro atoms. The monoisotopic (exact) mass is 382 g/mol. The maximum Gasteiger partial charge on any atom is 0.250 e. The van der Waals surface area contributed by atoms with Crippen LogP contribution in [0.15, 0.2) is 24.3 Å². The zero-order valence-electron chi connectivity index (χ0n) is 15.1. The molecule has 2 saturated heterocycles. The van der Waals surface area contributed by atoms with E-state index in [0.717, 1.165) is 47.3 Å². The number of hydrogen-bond acceptors (Lipinski definition) is 5. The number of nitrogens with zero attached hydrogens (tertiary/aromatic N) is 3. The summed E-state index contributed by atoms with van der Waals surface area (Å²) in [7, 11) is 0. The molecule has 2 amide bonds. The van der Waals surface area contributed by atoms with Crippen molar-refractivity contribution in [3.05, 3.63) is 34.7 Å². The molecule has 140 valence electrons. The molecule has 2 fully saturated rings. The Balaban J connectivity index is 1.49. The summed E-state index contributed by atoms with van der Waals surface area (Å²) >= 11 is 1.63. The van der Waals surface area contributed by atoms with Crippen molar-refractivity contribution in [2.75, 3.05) is 26.2 Å². The molecular weight excluding hydrogens is 360 g/mol. The first-order valence-corrected chi connectivity index (χ1v) is 10.1. The molecular formula is C20H22N4O2S. The molecule has 1 aromatic carbocycles. The van der Waals surface area contributed by atoms with Crippen molar-refractivity contribution in [2.24, 2.45) is 5.73 Å². The molecule has 7 heteroatoms. The second-order valence-electron chi connectivity index (χ2n) is 7.30. The van der Waals surface area contributed by atoms with Gasteiger partial charge in [0.05, 0.1) is 18.2 Å². The van der Waals surface area contributed by atoms with Crippen LogP contribution < -0.4 is 5.73 Å². The van der Waals surface area contributed by atoms with Crippen LogP contribution >= 0.6 is 11.3 Å². The van der Waals surface area contributed by atoms with Crippen molar-refractivity contribution < 1.29 is 9.59 Å². The number of carbonyl (C=O) groups excluding carboxylic acids is 2. The Morgan fingerprint density at radius 2 is 2.07 bits per heavy atom. The molecule has 0 aliphatic carbocycles. The summed E-state index contributed by atoms with van der Waals surface area (Å²) in [6.07, 6.45) is 2.58. The number of hydrogen-bond donors (Lipinski definition) is 1. The first kappa shape index (κ1) is 18.0. The fourth-order valence-corrected chi connectivity index (χ4v) is 5.61. The molecule has 3 heterocycles. The number of thiophene rings is 1. The van der Waals surface area contributed by atoms with E-state index < -0.39 is 0 Å². The summed E-state index contributed by atoms with van der Waals surface area (Å²) in [5, 5.41) is 10.1. The first-order chi connectivity index (χ1) is 13.1. The number of nitriles is 1. The Kier molecular flexibility index (Phi) is 4.85. The van der Waals surface area contributed by atoms with E-state index in [1.165, 1.54) is 0 Å². The summed E-state index contributed by atoms with van der Waals surface area (Å²) in [6.45, 7) is 2.57. The normalized spacial score (nSPS) is 23.0. The van der Waals surface area contributed by atoms with E-state index in [4.69, 9.17) is 5.73 Å². The average Bonchev–Trinajstić information content (AvgIpc) is 3.38. The van der Waals surface area contributed by atoms with E-state index in [9.17, 15) is 14.9 Å². The van der Waals surface area contributed by atoms with Crippen LogP contribution in [0.2, 0.25) is 0 Å². The molecule has 2 aromatic rings. The lowest BCUT2D eigenvalue weighted by Crippen LogP contribution is -2.41. The predicted octanol–water partition coefficient (Wildman–Crippen LogP) is 2.30. The van der Waals surface area contributed by atoms with Gasteiger partial charge in [0.25, 0.3) is 0 Å². The van der Waals surface area contributed by atoms with Crippen molar-refractivity contribution in [1.29, 1.82) is 5.26 Å². The van der Waals surface area contributed by atoms with Gasteiger partial charge >= 0.3 is 0 Å². The number of nitrogens with two attached hydrogens (primary N) is 1. The molecule has 2 aliphatic heterocycles. The highest BCUT2D eigenvalue weighted by Gasteiger charge is 2.33. The van der Waals surface area contributed by atoms with Gasteiger partial charge < -0.3 is 10.6 Å². The molecule has 1 aromatic heterocycles. The molecule has 0 radical (unpaired) electrons. The number of rotatable bonds is 4. The van der Waals surface area contributed by atoms with Gasteiger partial charge in [-0.3, -0.25) is 14.5 Å². The van der Waals surface area contributed by atoms with Crippen LogP contribution in [0.3, 0.4) is 0 Å². The molecule has 2 aliphatic rings. The molecule has 27 heavy (non-hydrogen) atoms. The van der Waals surface area contributed by atoms with Gasteiger partial charge in [-0.05, 0) is 31.9 Å². The van der Waals surface area contributed by atoms with E-state index in [0.29, 0.717) is 18.7 Å². The fourth-order valence-electron chi connectivity index (χ4n) is 4.28. The van der Waals surface area contributed by atoms with Crippen molar-refractivity contribution >= 4 is 33.2 Å².